The monoisotopic (exact) mass is 365 g/mol. The lowest BCUT2D eigenvalue weighted by molar-refractivity contribution is -0.442. The van der Waals surface area contributed by atoms with Crippen molar-refractivity contribution < 1.29 is 24.1 Å². The molecular formula is C17H36NO5P. The molecule has 0 radical (unpaired) electrons. The van der Waals surface area contributed by atoms with Crippen LogP contribution in [0.15, 0.2) is 0 Å². The third kappa shape index (κ3) is 6.14. The number of carbonyl (C=O) groups is 1. The maximum Gasteiger partial charge on any atom is 0.337 e. The van der Waals surface area contributed by atoms with E-state index >= 15 is 0 Å². The largest absolute Gasteiger partial charge is 0.479 e. The Bertz CT molecular complexity index is 468. The molecule has 1 unspecified atom stereocenters. The van der Waals surface area contributed by atoms with Gasteiger partial charge < -0.3 is 9.67 Å². The molecule has 0 bridgehead atoms. The maximum atomic E-state index is 13.3. The average molecular weight is 365 g/mol. The number of hydroxylamine groups is 2. The van der Waals surface area contributed by atoms with Gasteiger partial charge in [0.25, 0.3) is 0 Å². The van der Waals surface area contributed by atoms with E-state index in [4.69, 9.17) is 9.68 Å². The van der Waals surface area contributed by atoms with Crippen molar-refractivity contribution >= 4 is 13.1 Å². The normalized spacial score (nSPS) is 15.6. The van der Waals surface area contributed by atoms with Crippen LogP contribution in [0.4, 0.5) is 0 Å². The van der Waals surface area contributed by atoms with E-state index < -0.39 is 30.1 Å². The summed E-state index contributed by atoms with van der Waals surface area (Å²) in [5.41, 5.74) is -2.47. The summed E-state index contributed by atoms with van der Waals surface area (Å²) in [6, 6.07) is 0. The number of nitrogens with zero attached hydrogens (tertiary/aromatic N) is 1. The van der Waals surface area contributed by atoms with Gasteiger partial charge in [0.2, 0.25) is 0 Å². The lowest BCUT2D eigenvalue weighted by atomic mass is 9.98. The van der Waals surface area contributed by atoms with Gasteiger partial charge in [0, 0.05) is 12.3 Å². The Hall–Kier alpha value is -0.420. The van der Waals surface area contributed by atoms with Crippen molar-refractivity contribution in [2.45, 2.75) is 86.2 Å². The fourth-order valence-corrected chi connectivity index (χ4v) is 4.94. The van der Waals surface area contributed by atoms with Gasteiger partial charge in [0.15, 0.2) is 5.60 Å². The first-order valence-corrected chi connectivity index (χ1v) is 10.6. The molecule has 0 saturated carbocycles. The summed E-state index contributed by atoms with van der Waals surface area (Å²) in [6.45, 7) is 18.2. The first-order valence-electron chi connectivity index (χ1n) is 8.48. The molecule has 1 N–H and O–H groups in total. The van der Waals surface area contributed by atoms with E-state index in [0.717, 1.165) is 0 Å². The Labute approximate surface area is 147 Å². The summed E-state index contributed by atoms with van der Waals surface area (Å²) in [4.78, 5) is 23.2. The van der Waals surface area contributed by atoms with Crippen molar-refractivity contribution in [2.75, 3.05) is 12.3 Å². The van der Waals surface area contributed by atoms with Gasteiger partial charge >= 0.3 is 5.97 Å². The summed E-state index contributed by atoms with van der Waals surface area (Å²) in [7, 11) is -2.62. The molecule has 0 fully saturated rings. The second kappa shape index (κ2) is 7.86. The molecule has 0 aromatic rings. The third-order valence-electron chi connectivity index (χ3n) is 3.81. The van der Waals surface area contributed by atoms with E-state index in [1.807, 2.05) is 55.4 Å². The van der Waals surface area contributed by atoms with E-state index in [9.17, 15) is 14.5 Å². The van der Waals surface area contributed by atoms with Crippen LogP contribution in [0.25, 0.3) is 0 Å². The van der Waals surface area contributed by atoms with Gasteiger partial charge in [-0.2, -0.15) is 0 Å². The minimum absolute atomic E-state index is 0.387. The lowest BCUT2D eigenvalue weighted by Crippen LogP contribution is -2.52. The molecule has 24 heavy (non-hydrogen) atoms. The van der Waals surface area contributed by atoms with Crippen molar-refractivity contribution in [3.8, 4) is 0 Å². The molecule has 0 spiro atoms. The molecule has 0 aromatic heterocycles. The van der Waals surface area contributed by atoms with Crippen molar-refractivity contribution in [3.63, 3.8) is 0 Å². The SMILES string of the molecule is CCP(=O)(CC)C(ON(OC(C)(C)C(=O)O)C(C)(C)C)C(C)(C)C. The van der Waals surface area contributed by atoms with Crippen molar-refractivity contribution in [1.29, 1.82) is 0 Å². The molecule has 0 aromatic carbocycles. The number of hydrogen-bond acceptors (Lipinski definition) is 5. The highest BCUT2D eigenvalue weighted by Crippen LogP contribution is 2.57. The molecule has 0 aliphatic heterocycles. The summed E-state index contributed by atoms with van der Waals surface area (Å²) >= 11 is 0. The Morgan fingerprint density at radius 3 is 1.71 bits per heavy atom. The van der Waals surface area contributed by atoms with Crippen LogP contribution >= 0.6 is 7.14 Å². The van der Waals surface area contributed by atoms with Crippen molar-refractivity contribution in [1.82, 2.24) is 5.23 Å². The quantitative estimate of drug-likeness (QED) is 0.501. The van der Waals surface area contributed by atoms with Crippen LogP contribution in [0.3, 0.4) is 0 Å². The van der Waals surface area contributed by atoms with Gasteiger partial charge in [-0.3, -0.25) is 9.68 Å². The van der Waals surface area contributed by atoms with Crippen LogP contribution in [0, 0.1) is 5.41 Å². The van der Waals surface area contributed by atoms with Gasteiger partial charge in [-0.1, -0.05) is 39.8 Å². The first kappa shape index (κ1) is 23.6. The van der Waals surface area contributed by atoms with E-state index in [1.54, 1.807) is 0 Å². The van der Waals surface area contributed by atoms with E-state index in [1.165, 1.54) is 19.1 Å². The number of carboxylic acid groups (broad SMARTS) is 1. The summed E-state index contributed by atoms with van der Waals surface area (Å²) in [5, 5.41) is 10.6. The van der Waals surface area contributed by atoms with Crippen LogP contribution < -0.4 is 0 Å². The molecule has 0 rings (SSSR count). The molecule has 1 atom stereocenters. The van der Waals surface area contributed by atoms with Crippen molar-refractivity contribution in [2.24, 2.45) is 5.41 Å². The molecule has 0 amide bonds. The first-order chi connectivity index (χ1) is 10.5. The van der Waals surface area contributed by atoms with Crippen LogP contribution in [0.1, 0.15) is 69.2 Å². The fourth-order valence-electron chi connectivity index (χ4n) is 2.16. The van der Waals surface area contributed by atoms with Gasteiger partial charge in [0.1, 0.15) is 13.0 Å². The fraction of sp³-hybridized carbons (Fsp3) is 0.941. The zero-order valence-corrected chi connectivity index (χ0v) is 17.9. The van der Waals surface area contributed by atoms with Gasteiger partial charge in [-0.05, 0) is 40.0 Å². The van der Waals surface area contributed by atoms with Crippen LogP contribution in [-0.2, 0) is 19.0 Å². The minimum atomic E-state index is -2.62. The summed E-state index contributed by atoms with van der Waals surface area (Å²) in [5.74, 6) is -1.66. The number of carboxylic acids is 1. The van der Waals surface area contributed by atoms with Gasteiger partial charge in [0.05, 0.1) is 5.54 Å². The second-order valence-electron chi connectivity index (χ2n) is 8.74. The van der Waals surface area contributed by atoms with Crippen LogP contribution in [0.2, 0.25) is 0 Å². The topological polar surface area (TPSA) is 76.1 Å². The molecule has 6 nitrogen and oxygen atoms in total. The number of hydrogen-bond donors (Lipinski definition) is 1. The summed E-state index contributed by atoms with van der Waals surface area (Å²) in [6.07, 6.45) is 1.04. The highest BCUT2D eigenvalue weighted by Gasteiger charge is 2.45. The lowest BCUT2D eigenvalue weighted by Gasteiger charge is -2.44. The van der Waals surface area contributed by atoms with E-state index in [2.05, 4.69) is 0 Å². The molecule has 0 aliphatic rings. The Morgan fingerprint density at radius 2 is 1.46 bits per heavy atom. The van der Waals surface area contributed by atoms with E-state index in [0.29, 0.717) is 12.3 Å². The smallest absolute Gasteiger partial charge is 0.337 e. The standard InChI is InChI=1S/C17H36NO5P/c1-11-24(21,12-2)14(15(3,4)5)22-18(16(6,7)8)23-17(9,10)13(19)20/h14H,11-12H2,1-10H3,(H,19,20). The molecule has 0 aliphatic carbocycles. The zero-order chi connectivity index (χ0) is 19.6. The Morgan fingerprint density at radius 1 is 1.04 bits per heavy atom. The predicted molar refractivity (Wildman–Crippen MR) is 97.4 cm³/mol. The van der Waals surface area contributed by atoms with Gasteiger partial charge in [-0.25, -0.2) is 4.79 Å². The number of rotatable bonds is 8. The Kier molecular flexibility index (Phi) is 7.72. The minimum Gasteiger partial charge on any atom is -0.479 e. The number of aliphatic carboxylic acids is 1. The highest BCUT2D eigenvalue weighted by molar-refractivity contribution is 7.64. The van der Waals surface area contributed by atoms with Crippen LogP contribution in [-0.4, -0.2) is 45.6 Å². The molecule has 0 saturated heterocycles. The zero-order valence-electron chi connectivity index (χ0n) is 17.0. The Balaban J connectivity index is 5.81. The summed E-state index contributed by atoms with van der Waals surface area (Å²) < 4.78 is 13.3. The van der Waals surface area contributed by atoms with E-state index in [-0.39, 0.29) is 5.41 Å². The molecule has 144 valence electrons. The molecule has 0 heterocycles. The van der Waals surface area contributed by atoms with Gasteiger partial charge in [-0.15, -0.1) is 0 Å². The third-order valence-corrected chi connectivity index (χ3v) is 7.67. The predicted octanol–water partition coefficient (Wildman–Crippen LogP) is 4.59. The molecule has 7 heteroatoms. The molecular weight excluding hydrogens is 329 g/mol. The van der Waals surface area contributed by atoms with Crippen LogP contribution in [0.5, 0.6) is 0 Å². The average Bonchev–Trinajstić information content (AvgIpc) is 2.39. The van der Waals surface area contributed by atoms with Crippen molar-refractivity contribution in [3.05, 3.63) is 0 Å². The highest BCUT2D eigenvalue weighted by atomic mass is 31.2. The second-order valence-corrected chi connectivity index (χ2v) is 12.4. The maximum absolute atomic E-state index is 13.3.